The molecule has 1 aromatic carbocycles. The van der Waals surface area contributed by atoms with Gasteiger partial charge in [0.05, 0.1) is 20.3 Å². The molecule has 230 valence electrons. The molecule has 41 heavy (non-hydrogen) atoms. The number of hydrogen-bond acceptors (Lipinski definition) is 8. The molecular weight excluding hydrogens is 528 g/mol. The van der Waals surface area contributed by atoms with E-state index in [1.165, 1.54) is 30.3 Å². The fourth-order valence-corrected chi connectivity index (χ4v) is 4.42. The summed E-state index contributed by atoms with van der Waals surface area (Å²) in [5, 5.41) is 10.8. The third-order valence-electron chi connectivity index (χ3n) is 6.83. The van der Waals surface area contributed by atoms with Crippen LogP contribution in [0.25, 0.3) is 0 Å². The van der Waals surface area contributed by atoms with E-state index in [2.05, 4.69) is 18.8 Å². The monoisotopic (exact) mass is 576 g/mol. The van der Waals surface area contributed by atoms with E-state index in [1.54, 1.807) is 31.4 Å². The lowest BCUT2D eigenvalue weighted by molar-refractivity contribution is -0.194. The second kappa shape index (κ2) is 18.7. The Balaban J connectivity index is 2.35. The van der Waals surface area contributed by atoms with Crippen LogP contribution < -0.4 is 4.74 Å². The van der Waals surface area contributed by atoms with Gasteiger partial charge in [0.1, 0.15) is 18.0 Å². The zero-order chi connectivity index (χ0) is 30.1. The molecule has 0 aromatic heterocycles. The lowest BCUT2D eigenvalue weighted by Crippen LogP contribution is -2.60. The zero-order valence-electron chi connectivity index (χ0n) is 25.3. The van der Waals surface area contributed by atoms with E-state index in [1.807, 2.05) is 6.92 Å². The summed E-state index contributed by atoms with van der Waals surface area (Å²) >= 11 is 0. The summed E-state index contributed by atoms with van der Waals surface area (Å²) in [5.74, 6) is -0.265. The Morgan fingerprint density at radius 1 is 1.05 bits per heavy atom. The first kappa shape index (κ1) is 34.6. The first-order chi connectivity index (χ1) is 19.9. The predicted molar refractivity (Wildman–Crippen MR) is 157 cm³/mol. The number of carbonyl (C=O) groups excluding carboxylic acids is 2. The minimum Gasteiger partial charge on any atom is -0.497 e. The molecule has 0 unspecified atom stereocenters. The van der Waals surface area contributed by atoms with Gasteiger partial charge in [-0.3, -0.25) is 14.5 Å². The van der Waals surface area contributed by atoms with Crippen molar-refractivity contribution in [3.05, 3.63) is 42.1 Å². The molecule has 0 bridgehead atoms. The van der Waals surface area contributed by atoms with E-state index in [-0.39, 0.29) is 6.61 Å². The zero-order valence-corrected chi connectivity index (χ0v) is 25.3. The van der Waals surface area contributed by atoms with E-state index >= 15 is 0 Å². The fraction of sp³-hybridized carbons (Fsp3) is 0.645. The van der Waals surface area contributed by atoms with Crippen molar-refractivity contribution < 1.29 is 38.4 Å². The predicted octanol–water partition coefficient (Wildman–Crippen LogP) is 4.28. The lowest BCUT2D eigenvalue weighted by Gasteiger charge is -2.40. The van der Waals surface area contributed by atoms with E-state index in [4.69, 9.17) is 23.7 Å². The third kappa shape index (κ3) is 10.3. The number of aliphatic imine (C=N–C) groups is 1. The van der Waals surface area contributed by atoms with E-state index in [9.17, 15) is 14.7 Å². The highest BCUT2D eigenvalue weighted by Gasteiger charge is 2.60. The van der Waals surface area contributed by atoms with Gasteiger partial charge in [0.2, 0.25) is 5.91 Å². The van der Waals surface area contributed by atoms with Crippen LogP contribution in [0.1, 0.15) is 71.8 Å². The smallest absolute Gasteiger partial charge is 0.271 e. The summed E-state index contributed by atoms with van der Waals surface area (Å²) in [7, 11) is 1.58. The van der Waals surface area contributed by atoms with Gasteiger partial charge in [-0.25, -0.2) is 4.99 Å². The largest absolute Gasteiger partial charge is 0.497 e. The average Bonchev–Trinajstić information content (AvgIpc) is 3.27. The van der Waals surface area contributed by atoms with E-state index in [0.717, 1.165) is 44.1 Å². The Bertz CT molecular complexity index is 967. The van der Waals surface area contributed by atoms with Crippen molar-refractivity contribution in [2.45, 2.75) is 90.3 Å². The molecule has 0 radical (unpaired) electrons. The highest BCUT2D eigenvalue weighted by molar-refractivity contribution is 5.97. The van der Waals surface area contributed by atoms with Gasteiger partial charge in [0.15, 0.2) is 11.8 Å². The van der Waals surface area contributed by atoms with Gasteiger partial charge in [-0.2, -0.15) is 0 Å². The molecule has 0 saturated carbocycles. The van der Waals surface area contributed by atoms with Crippen molar-refractivity contribution in [1.82, 2.24) is 4.90 Å². The second-order valence-corrected chi connectivity index (χ2v) is 10.0. The number of aliphatic hydroxyl groups excluding tert-OH is 1. The Kier molecular flexibility index (Phi) is 15.8. The van der Waals surface area contributed by atoms with E-state index < -0.39 is 42.5 Å². The maximum atomic E-state index is 12.9. The quantitative estimate of drug-likeness (QED) is 0.147. The first-order valence-corrected chi connectivity index (χ1v) is 14.7. The summed E-state index contributed by atoms with van der Waals surface area (Å²) < 4.78 is 30.1. The SMILES string of the molecule is CCCCOC[C@H]1O[C@@H](N(/C=C\C(=O)N=Cc2ccc(OC)cc2)C(C)=O)[C@](CO)(OCCCC)[C@@H]1OCCCC. The van der Waals surface area contributed by atoms with Crippen LogP contribution in [0, 0.1) is 0 Å². The average molecular weight is 577 g/mol. The molecule has 1 aliphatic heterocycles. The first-order valence-electron chi connectivity index (χ1n) is 14.7. The number of rotatable bonds is 19. The van der Waals surface area contributed by atoms with Gasteiger partial charge < -0.3 is 28.8 Å². The maximum absolute atomic E-state index is 12.9. The number of nitrogens with zero attached hydrogens (tertiary/aromatic N) is 2. The number of amides is 2. The van der Waals surface area contributed by atoms with Gasteiger partial charge in [-0.1, -0.05) is 40.0 Å². The Hall–Kier alpha value is -2.63. The van der Waals surface area contributed by atoms with Crippen LogP contribution in [0.15, 0.2) is 41.5 Å². The number of aliphatic hydroxyl groups is 1. The van der Waals surface area contributed by atoms with Crippen LogP contribution in [-0.4, -0.2) is 92.2 Å². The van der Waals surface area contributed by atoms with Crippen LogP contribution in [-0.2, 0) is 28.5 Å². The van der Waals surface area contributed by atoms with Crippen molar-refractivity contribution >= 4 is 18.0 Å². The molecule has 4 atom stereocenters. The van der Waals surface area contributed by atoms with Crippen LogP contribution in [0.3, 0.4) is 0 Å². The number of ether oxygens (including phenoxy) is 5. The normalized spacial score (nSPS) is 22.5. The van der Waals surface area contributed by atoms with Crippen LogP contribution >= 0.6 is 0 Å². The topological polar surface area (TPSA) is 116 Å². The summed E-state index contributed by atoms with van der Waals surface area (Å²) in [6.45, 7) is 8.66. The summed E-state index contributed by atoms with van der Waals surface area (Å²) in [5.41, 5.74) is -0.663. The maximum Gasteiger partial charge on any atom is 0.271 e. The number of unbranched alkanes of at least 4 members (excludes halogenated alkanes) is 3. The Labute approximate surface area is 244 Å². The highest BCUT2D eigenvalue weighted by Crippen LogP contribution is 2.39. The van der Waals surface area contributed by atoms with Crippen molar-refractivity contribution in [3.8, 4) is 5.75 Å². The van der Waals surface area contributed by atoms with E-state index in [0.29, 0.717) is 25.6 Å². The molecule has 1 aromatic rings. The second-order valence-electron chi connectivity index (χ2n) is 10.0. The van der Waals surface area contributed by atoms with Gasteiger partial charge in [-0.15, -0.1) is 0 Å². The lowest BCUT2D eigenvalue weighted by atomic mass is 9.93. The van der Waals surface area contributed by atoms with Crippen LogP contribution in [0.5, 0.6) is 5.75 Å². The minimum absolute atomic E-state index is 0.215. The molecule has 1 N–H and O–H groups in total. The molecule has 2 amide bonds. The molecule has 1 aliphatic rings. The number of hydrogen-bond donors (Lipinski definition) is 1. The van der Waals surface area contributed by atoms with Gasteiger partial charge in [-0.05, 0) is 49.1 Å². The standard InChI is InChI=1S/C31H48N2O8/c1-6-9-18-38-22-27-29(39-19-10-7-2)31(23-34,40-20-11-8-3)30(41-27)33(24(4)35)17-16-28(36)32-21-25-12-14-26(37-5)15-13-25/h12-17,21,27,29-30,34H,6-11,18-20,22-23H2,1-5H3/b17-16-,32-21?/t27-,29-,30-,31-/m1/s1. The molecular formula is C31H48N2O8. The number of methoxy groups -OCH3 is 1. The molecule has 2 rings (SSSR count). The summed E-state index contributed by atoms with van der Waals surface area (Å²) in [6.07, 6.45) is 6.89. The minimum atomic E-state index is -1.38. The Morgan fingerprint density at radius 2 is 1.71 bits per heavy atom. The van der Waals surface area contributed by atoms with Gasteiger partial charge >= 0.3 is 0 Å². The number of carbonyl (C=O) groups is 2. The molecule has 10 heteroatoms. The fourth-order valence-electron chi connectivity index (χ4n) is 4.42. The van der Waals surface area contributed by atoms with Crippen LogP contribution in [0.4, 0.5) is 0 Å². The van der Waals surface area contributed by atoms with Crippen molar-refractivity contribution in [3.63, 3.8) is 0 Å². The molecule has 1 heterocycles. The number of benzene rings is 1. The summed E-state index contributed by atoms with van der Waals surface area (Å²) in [4.78, 5) is 30.8. The molecule has 10 nitrogen and oxygen atoms in total. The van der Waals surface area contributed by atoms with Crippen molar-refractivity contribution in [2.75, 3.05) is 40.1 Å². The van der Waals surface area contributed by atoms with Crippen molar-refractivity contribution in [1.29, 1.82) is 0 Å². The molecule has 0 aliphatic carbocycles. The van der Waals surface area contributed by atoms with Gasteiger partial charge in [0, 0.05) is 45.2 Å². The molecule has 1 fully saturated rings. The van der Waals surface area contributed by atoms with Gasteiger partial charge in [0.25, 0.3) is 5.91 Å². The van der Waals surface area contributed by atoms with Crippen molar-refractivity contribution in [2.24, 2.45) is 4.99 Å². The highest BCUT2D eigenvalue weighted by atomic mass is 16.6. The molecule has 1 saturated heterocycles. The van der Waals surface area contributed by atoms with Crippen LogP contribution in [0.2, 0.25) is 0 Å². The summed E-state index contributed by atoms with van der Waals surface area (Å²) in [6, 6.07) is 7.09. The molecule has 0 spiro atoms. The third-order valence-corrected chi connectivity index (χ3v) is 6.83. The Morgan fingerprint density at radius 3 is 2.32 bits per heavy atom.